The molecular formula is C14H22N2O2S. The molecule has 1 amide bonds. The van der Waals surface area contributed by atoms with Crippen molar-refractivity contribution in [3.63, 3.8) is 0 Å². The molecule has 0 fully saturated rings. The van der Waals surface area contributed by atoms with Crippen molar-refractivity contribution < 1.29 is 9.00 Å². The first-order chi connectivity index (χ1) is 9.02. The molecule has 0 aliphatic rings. The number of benzene rings is 1. The van der Waals surface area contributed by atoms with Crippen LogP contribution < -0.4 is 11.1 Å². The number of nitrogens with one attached hydrogen (secondary N) is 1. The third-order valence-corrected chi connectivity index (χ3v) is 3.82. The zero-order chi connectivity index (χ0) is 14.3. The summed E-state index contributed by atoms with van der Waals surface area (Å²) >= 11 is 0. The number of rotatable bonds is 7. The van der Waals surface area contributed by atoms with Crippen LogP contribution in [-0.2, 0) is 22.0 Å². The fourth-order valence-corrected chi connectivity index (χ4v) is 2.72. The fourth-order valence-electron chi connectivity index (χ4n) is 1.94. The van der Waals surface area contributed by atoms with Gasteiger partial charge in [0.25, 0.3) is 0 Å². The molecular weight excluding hydrogens is 260 g/mol. The Morgan fingerprint density at radius 2 is 2.00 bits per heavy atom. The summed E-state index contributed by atoms with van der Waals surface area (Å²) in [6, 6.07) is 9.72. The van der Waals surface area contributed by atoms with E-state index in [1.807, 2.05) is 37.3 Å². The molecule has 1 rings (SSSR count). The van der Waals surface area contributed by atoms with E-state index in [9.17, 15) is 9.00 Å². The van der Waals surface area contributed by atoms with E-state index in [-0.39, 0.29) is 17.9 Å². The number of hydrogen-bond acceptors (Lipinski definition) is 3. The Hall–Kier alpha value is -1.20. The first-order valence-corrected chi connectivity index (χ1v) is 8.10. The van der Waals surface area contributed by atoms with Crippen LogP contribution in [0.5, 0.6) is 0 Å². The fraction of sp³-hybridized carbons (Fsp3) is 0.500. The first kappa shape index (κ1) is 15.9. The lowest BCUT2D eigenvalue weighted by Crippen LogP contribution is -2.42. The molecule has 5 heteroatoms. The Labute approximate surface area is 117 Å². The van der Waals surface area contributed by atoms with Gasteiger partial charge in [0.15, 0.2) is 0 Å². The molecule has 0 spiro atoms. The second-order valence-corrected chi connectivity index (χ2v) is 6.25. The van der Waals surface area contributed by atoms with Gasteiger partial charge in [-0.15, -0.1) is 0 Å². The Morgan fingerprint density at radius 3 is 2.53 bits per heavy atom. The summed E-state index contributed by atoms with van der Waals surface area (Å²) in [6.45, 7) is 2.16. The van der Waals surface area contributed by atoms with E-state index in [2.05, 4.69) is 5.32 Å². The summed E-state index contributed by atoms with van der Waals surface area (Å²) in [5.74, 6) is 0.161. The molecule has 4 nitrogen and oxygen atoms in total. The Kier molecular flexibility index (Phi) is 6.73. The van der Waals surface area contributed by atoms with Gasteiger partial charge >= 0.3 is 0 Å². The van der Waals surface area contributed by atoms with Crippen molar-refractivity contribution in [3.05, 3.63) is 35.9 Å². The lowest BCUT2D eigenvalue weighted by Gasteiger charge is -2.18. The van der Waals surface area contributed by atoms with Crippen LogP contribution in [0.1, 0.15) is 12.5 Å². The standard InChI is InChI=1S/C14H22N2O2S/c1-11(10-19(2)18)16-14(17)13(9-15)8-12-6-4-3-5-7-12/h3-7,11,13H,8-10,15H2,1-2H3,(H,16,17). The van der Waals surface area contributed by atoms with E-state index in [0.29, 0.717) is 18.7 Å². The van der Waals surface area contributed by atoms with Gasteiger partial charge in [-0.05, 0) is 18.9 Å². The van der Waals surface area contributed by atoms with E-state index < -0.39 is 10.8 Å². The molecule has 3 unspecified atom stereocenters. The van der Waals surface area contributed by atoms with Crippen LogP contribution in [0.4, 0.5) is 0 Å². The van der Waals surface area contributed by atoms with Gasteiger partial charge in [-0.25, -0.2) is 0 Å². The van der Waals surface area contributed by atoms with E-state index in [1.54, 1.807) is 6.26 Å². The van der Waals surface area contributed by atoms with Crippen molar-refractivity contribution in [1.82, 2.24) is 5.32 Å². The molecule has 0 aromatic heterocycles. The highest BCUT2D eigenvalue weighted by Crippen LogP contribution is 2.08. The lowest BCUT2D eigenvalue weighted by molar-refractivity contribution is -0.125. The molecule has 0 aliphatic heterocycles. The minimum absolute atomic E-state index is 0.0655. The van der Waals surface area contributed by atoms with E-state index in [1.165, 1.54) is 0 Å². The molecule has 0 saturated heterocycles. The van der Waals surface area contributed by atoms with E-state index >= 15 is 0 Å². The molecule has 0 bridgehead atoms. The van der Waals surface area contributed by atoms with Gasteiger partial charge in [0.05, 0.1) is 5.92 Å². The number of hydrogen-bond donors (Lipinski definition) is 2. The van der Waals surface area contributed by atoms with Crippen LogP contribution >= 0.6 is 0 Å². The lowest BCUT2D eigenvalue weighted by atomic mass is 9.98. The summed E-state index contributed by atoms with van der Waals surface area (Å²) in [5, 5.41) is 2.87. The molecule has 106 valence electrons. The summed E-state index contributed by atoms with van der Waals surface area (Å²) in [4.78, 5) is 12.1. The maximum Gasteiger partial charge on any atom is 0.224 e. The van der Waals surface area contributed by atoms with Crippen molar-refractivity contribution in [3.8, 4) is 0 Å². The predicted octanol–water partition coefficient (Wildman–Crippen LogP) is 0.687. The van der Waals surface area contributed by atoms with Crippen LogP contribution in [0.3, 0.4) is 0 Å². The van der Waals surface area contributed by atoms with Gasteiger partial charge in [0.1, 0.15) is 0 Å². The minimum atomic E-state index is -0.911. The SMILES string of the molecule is CC(CS(C)=O)NC(=O)C(CN)Cc1ccccc1. The topological polar surface area (TPSA) is 72.2 Å². The zero-order valence-corrected chi connectivity index (χ0v) is 12.3. The van der Waals surface area contributed by atoms with Crippen molar-refractivity contribution in [2.24, 2.45) is 11.7 Å². The van der Waals surface area contributed by atoms with E-state index in [0.717, 1.165) is 5.56 Å². The molecule has 0 saturated carbocycles. The second kappa shape index (κ2) is 8.07. The number of carbonyl (C=O) groups excluding carboxylic acids is 1. The smallest absolute Gasteiger partial charge is 0.224 e. The molecule has 1 aromatic carbocycles. The third kappa shape index (κ3) is 5.98. The third-order valence-electron chi connectivity index (χ3n) is 2.85. The molecule has 19 heavy (non-hydrogen) atoms. The second-order valence-electron chi connectivity index (χ2n) is 4.77. The van der Waals surface area contributed by atoms with Crippen molar-refractivity contribution >= 4 is 16.7 Å². The van der Waals surface area contributed by atoms with Crippen LogP contribution in [0.2, 0.25) is 0 Å². The summed E-state index contributed by atoms with van der Waals surface area (Å²) in [6.07, 6.45) is 2.26. The van der Waals surface area contributed by atoms with Crippen LogP contribution in [0.15, 0.2) is 30.3 Å². The summed E-state index contributed by atoms with van der Waals surface area (Å²) in [5.41, 5.74) is 6.77. The first-order valence-electron chi connectivity index (χ1n) is 6.37. The quantitative estimate of drug-likeness (QED) is 0.773. The largest absolute Gasteiger partial charge is 0.352 e. The normalized spacial score (nSPS) is 15.5. The maximum atomic E-state index is 12.1. The number of nitrogens with two attached hydrogens (primary N) is 1. The van der Waals surface area contributed by atoms with Gasteiger partial charge in [-0.3, -0.25) is 9.00 Å². The van der Waals surface area contributed by atoms with Crippen LogP contribution in [-0.4, -0.2) is 34.7 Å². The Bertz CT molecular complexity index is 423. The van der Waals surface area contributed by atoms with Crippen molar-refractivity contribution in [2.75, 3.05) is 18.6 Å². The summed E-state index contributed by atoms with van der Waals surface area (Å²) < 4.78 is 11.1. The van der Waals surface area contributed by atoms with Gasteiger partial charge in [0.2, 0.25) is 5.91 Å². The van der Waals surface area contributed by atoms with Crippen LogP contribution in [0.25, 0.3) is 0 Å². The average molecular weight is 282 g/mol. The molecule has 3 atom stereocenters. The predicted molar refractivity (Wildman–Crippen MR) is 79.2 cm³/mol. The highest BCUT2D eigenvalue weighted by Gasteiger charge is 2.19. The highest BCUT2D eigenvalue weighted by molar-refractivity contribution is 7.84. The Morgan fingerprint density at radius 1 is 1.37 bits per heavy atom. The van der Waals surface area contributed by atoms with Crippen molar-refractivity contribution in [2.45, 2.75) is 19.4 Å². The van der Waals surface area contributed by atoms with Crippen LogP contribution in [0, 0.1) is 5.92 Å². The van der Waals surface area contributed by atoms with E-state index in [4.69, 9.17) is 5.73 Å². The van der Waals surface area contributed by atoms with Gasteiger partial charge in [-0.2, -0.15) is 0 Å². The van der Waals surface area contributed by atoms with Gasteiger partial charge in [0, 0.05) is 35.4 Å². The maximum absolute atomic E-state index is 12.1. The number of amides is 1. The summed E-state index contributed by atoms with van der Waals surface area (Å²) in [7, 11) is -0.911. The molecule has 3 N–H and O–H groups in total. The molecule has 0 radical (unpaired) electrons. The van der Waals surface area contributed by atoms with Gasteiger partial charge in [-0.1, -0.05) is 30.3 Å². The monoisotopic (exact) mass is 282 g/mol. The Balaban J connectivity index is 2.54. The minimum Gasteiger partial charge on any atom is -0.352 e. The molecule has 0 heterocycles. The molecule has 0 aliphatic carbocycles. The number of carbonyl (C=O) groups is 1. The zero-order valence-electron chi connectivity index (χ0n) is 11.5. The van der Waals surface area contributed by atoms with Crippen molar-refractivity contribution in [1.29, 1.82) is 0 Å². The highest BCUT2D eigenvalue weighted by atomic mass is 32.2. The van der Waals surface area contributed by atoms with Gasteiger partial charge < -0.3 is 11.1 Å². The molecule has 1 aromatic rings. The average Bonchev–Trinajstić information content (AvgIpc) is 2.35.